The molecule has 192 valence electrons. The average molecular weight is 542 g/mol. The monoisotopic (exact) mass is 541 g/mol. The predicted octanol–water partition coefficient (Wildman–Crippen LogP) is 6.51. The largest absolute Gasteiger partial charge is 0.325 e. The minimum atomic E-state index is -0.434. The molecule has 1 aromatic heterocycles. The van der Waals surface area contributed by atoms with Crippen molar-refractivity contribution in [1.82, 2.24) is 5.32 Å². The maximum absolute atomic E-state index is 13.1. The number of hydrogen-bond donors (Lipinski definition) is 3. The number of carbonyl (C=O) groups excluding carboxylic acids is 3. The Bertz CT molecular complexity index is 1430. The third kappa shape index (κ3) is 7.44. The number of thioether (sulfide) groups is 1. The molecule has 4 aromatic rings. The molecule has 6 nitrogen and oxygen atoms in total. The van der Waals surface area contributed by atoms with E-state index in [1.165, 1.54) is 23.1 Å². The minimum absolute atomic E-state index is 0.0812. The van der Waals surface area contributed by atoms with Gasteiger partial charge in [0.05, 0.1) is 5.75 Å². The molecule has 8 heteroatoms. The summed E-state index contributed by atoms with van der Waals surface area (Å²) in [6, 6.07) is 25.6. The van der Waals surface area contributed by atoms with Crippen LogP contribution in [0.2, 0.25) is 0 Å². The van der Waals surface area contributed by atoms with E-state index in [0.717, 1.165) is 26.6 Å². The van der Waals surface area contributed by atoms with Crippen LogP contribution in [0.25, 0.3) is 6.08 Å². The summed E-state index contributed by atoms with van der Waals surface area (Å²) in [7, 11) is 0. The summed E-state index contributed by atoms with van der Waals surface area (Å²) in [5.74, 6) is -0.619. The van der Waals surface area contributed by atoms with Gasteiger partial charge in [-0.2, -0.15) is 0 Å². The molecule has 38 heavy (non-hydrogen) atoms. The molecule has 4 rings (SSSR count). The van der Waals surface area contributed by atoms with Gasteiger partial charge >= 0.3 is 0 Å². The van der Waals surface area contributed by atoms with E-state index in [1.807, 2.05) is 67.8 Å². The Morgan fingerprint density at radius 1 is 0.816 bits per heavy atom. The minimum Gasteiger partial charge on any atom is -0.325 e. The molecular formula is C30H27N3O3S2. The van der Waals surface area contributed by atoms with Crippen LogP contribution in [0, 0.1) is 13.8 Å². The Morgan fingerprint density at radius 3 is 2.18 bits per heavy atom. The summed E-state index contributed by atoms with van der Waals surface area (Å²) in [4.78, 5) is 40.0. The Balaban J connectivity index is 1.37. The first kappa shape index (κ1) is 26.9. The van der Waals surface area contributed by atoms with E-state index in [9.17, 15) is 14.4 Å². The summed E-state index contributed by atoms with van der Waals surface area (Å²) in [5.41, 5.74) is 4.07. The van der Waals surface area contributed by atoms with Gasteiger partial charge in [0, 0.05) is 26.7 Å². The molecule has 0 radical (unpaired) electrons. The van der Waals surface area contributed by atoms with Crippen LogP contribution in [-0.2, 0) is 9.59 Å². The zero-order chi connectivity index (χ0) is 26.9. The summed E-state index contributed by atoms with van der Waals surface area (Å²) < 4.78 is 0. The van der Waals surface area contributed by atoms with Gasteiger partial charge < -0.3 is 16.0 Å². The second-order valence-corrected chi connectivity index (χ2v) is 10.5. The summed E-state index contributed by atoms with van der Waals surface area (Å²) >= 11 is 2.88. The Hall–Kier alpha value is -4.14. The van der Waals surface area contributed by atoms with Crippen molar-refractivity contribution in [2.24, 2.45) is 0 Å². The maximum atomic E-state index is 13.1. The molecule has 0 bridgehead atoms. The van der Waals surface area contributed by atoms with Crippen LogP contribution in [-0.4, -0.2) is 23.5 Å². The number of thiophene rings is 1. The zero-order valence-electron chi connectivity index (χ0n) is 21.0. The highest BCUT2D eigenvalue weighted by Crippen LogP contribution is 2.23. The molecule has 3 aromatic carbocycles. The zero-order valence-corrected chi connectivity index (χ0v) is 22.6. The van der Waals surface area contributed by atoms with Crippen molar-refractivity contribution in [3.05, 3.63) is 118 Å². The molecule has 0 fully saturated rings. The lowest BCUT2D eigenvalue weighted by atomic mass is 10.1. The molecule has 0 atom stereocenters. The van der Waals surface area contributed by atoms with Gasteiger partial charge in [0.25, 0.3) is 11.8 Å². The highest BCUT2D eigenvalue weighted by Gasteiger charge is 2.15. The number of nitrogens with one attached hydrogen (secondary N) is 3. The summed E-state index contributed by atoms with van der Waals surface area (Å²) in [6.07, 6.45) is 1.65. The van der Waals surface area contributed by atoms with E-state index in [4.69, 9.17) is 0 Å². The fraction of sp³-hybridized carbons (Fsp3) is 0.100. The molecule has 0 unspecified atom stereocenters. The van der Waals surface area contributed by atoms with E-state index < -0.39 is 5.91 Å². The van der Waals surface area contributed by atoms with Crippen LogP contribution in [0.1, 0.15) is 26.4 Å². The number of para-hydroxylation sites is 1. The quantitative estimate of drug-likeness (QED) is 0.167. The molecule has 0 saturated carbocycles. The summed E-state index contributed by atoms with van der Waals surface area (Å²) in [6.45, 7) is 3.94. The Morgan fingerprint density at radius 2 is 1.53 bits per heavy atom. The van der Waals surface area contributed by atoms with Crippen molar-refractivity contribution in [2.75, 3.05) is 16.4 Å². The number of hydrogen-bond acceptors (Lipinski definition) is 5. The first-order valence-corrected chi connectivity index (χ1v) is 13.8. The lowest BCUT2D eigenvalue weighted by Gasteiger charge is -2.12. The molecule has 0 saturated heterocycles. The van der Waals surface area contributed by atoms with E-state index in [-0.39, 0.29) is 23.3 Å². The van der Waals surface area contributed by atoms with Crippen molar-refractivity contribution < 1.29 is 14.4 Å². The van der Waals surface area contributed by atoms with Crippen LogP contribution in [0.5, 0.6) is 0 Å². The molecule has 3 N–H and O–H groups in total. The van der Waals surface area contributed by atoms with Gasteiger partial charge in [0.1, 0.15) is 5.70 Å². The Labute approximate surface area is 230 Å². The second kappa shape index (κ2) is 12.9. The van der Waals surface area contributed by atoms with E-state index in [1.54, 1.807) is 42.5 Å². The van der Waals surface area contributed by atoms with Crippen molar-refractivity contribution in [1.29, 1.82) is 0 Å². The van der Waals surface area contributed by atoms with Gasteiger partial charge in [-0.05, 0) is 78.9 Å². The summed E-state index contributed by atoms with van der Waals surface area (Å²) in [5, 5.41) is 10.5. The van der Waals surface area contributed by atoms with Gasteiger partial charge in [0.15, 0.2) is 0 Å². The molecular weight excluding hydrogens is 514 g/mol. The lowest BCUT2D eigenvalue weighted by Crippen LogP contribution is -2.30. The number of anilines is 2. The number of carbonyl (C=O) groups is 3. The van der Waals surface area contributed by atoms with Crippen molar-refractivity contribution in [3.63, 3.8) is 0 Å². The van der Waals surface area contributed by atoms with Gasteiger partial charge in [0.2, 0.25) is 5.91 Å². The SMILES string of the molecule is Cc1cccc(C)c1NC(=O)CSc1ccc(NC(=O)/C(=C/c2cccs2)NC(=O)c2ccccc2)cc1. The number of amides is 3. The predicted molar refractivity (Wildman–Crippen MR) is 157 cm³/mol. The smallest absolute Gasteiger partial charge is 0.272 e. The number of aryl methyl sites for hydroxylation is 2. The first-order chi connectivity index (χ1) is 18.4. The van der Waals surface area contributed by atoms with E-state index in [0.29, 0.717) is 11.3 Å². The number of rotatable bonds is 9. The fourth-order valence-electron chi connectivity index (χ4n) is 3.63. The third-order valence-electron chi connectivity index (χ3n) is 5.59. The van der Waals surface area contributed by atoms with Gasteiger partial charge in [-0.1, -0.05) is 42.5 Å². The highest BCUT2D eigenvalue weighted by atomic mass is 32.2. The molecule has 3 amide bonds. The standard InChI is InChI=1S/C30H27N3O3S2/c1-20-8-6-9-21(2)28(20)33-27(34)19-38-24-15-13-23(14-16-24)31-30(36)26(18-25-12-7-17-37-25)32-29(35)22-10-4-3-5-11-22/h3-18H,19H2,1-2H3,(H,31,36)(H,32,35)(H,33,34)/b26-18-. The lowest BCUT2D eigenvalue weighted by molar-refractivity contribution is -0.114. The first-order valence-electron chi connectivity index (χ1n) is 11.9. The Kier molecular flexibility index (Phi) is 9.13. The van der Waals surface area contributed by atoms with Crippen molar-refractivity contribution in [2.45, 2.75) is 18.7 Å². The molecule has 0 aliphatic carbocycles. The molecule has 0 aliphatic rings. The van der Waals surface area contributed by atoms with Crippen LogP contribution >= 0.6 is 23.1 Å². The van der Waals surface area contributed by atoms with Crippen LogP contribution in [0.3, 0.4) is 0 Å². The molecule has 0 spiro atoms. The van der Waals surface area contributed by atoms with Crippen LogP contribution in [0.15, 0.2) is 101 Å². The molecule has 0 aliphatic heterocycles. The van der Waals surface area contributed by atoms with Crippen molar-refractivity contribution >= 4 is 58.3 Å². The van der Waals surface area contributed by atoms with E-state index in [2.05, 4.69) is 16.0 Å². The number of benzene rings is 3. The van der Waals surface area contributed by atoms with Crippen LogP contribution < -0.4 is 16.0 Å². The topological polar surface area (TPSA) is 87.3 Å². The highest BCUT2D eigenvalue weighted by molar-refractivity contribution is 8.00. The average Bonchev–Trinajstić information content (AvgIpc) is 3.44. The van der Waals surface area contributed by atoms with Gasteiger partial charge in [-0.3, -0.25) is 14.4 Å². The third-order valence-corrected chi connectivity index (χ3v) is 7.42. The normalized spacial score (nSPS) is 11.1. The molecule has 1 heterocycles. The van der Waals surface area contributed by atoms with Gasteiger partial charge in [-0.25, -0.2) is 0 Å². The van der Waals surface area contributed by atoms with Gasteiger partial charge in [-0.15, -0.1) is 23.1 Å². The fourth-order valence-corrected chi connectivity index (χ4v) is 4.98. The maximum Gasteiger partial charge on any atom is 0.272 e. The second-order valence-electron chi connectivity index (χ2n) is 8.48. The van der Waals surface area contributed by atoms with E-state index >= 15 is 0 Å². The van der Waals surface area contributed by atoms with Crippen molar-refractivity contribution in [3.8, 4) is 0 Å². The van der Waals surface area contributed by atoms with Crippen LogP contribution in [0.4, 0.5) is 11.4 Å².